The summed E-state index contributed by atoms with van der Waals surface area (Å²) in [5.74, 6) is -1.36. The van der Waals surface area contributed by atoms with Crippen molar-refractivity contribution in [2.45, 2.75) is 18.9 Å². The fourth-order valence-corrected chi connectivity index (χ4v) is 1.77. The van der Waals surface area contributed by atoms with Crippen LogP contribution in [0.25, 0.3) is 0 Å². The molecule has 6 nitrogen and oxygen atoms in total. The number of pyridine rings is 1. The fraction of sp³-hybridized carbons (Fsp3) is 0.417. The summed E-state index contributed by atoms with van der Waals surface area (Å²) in [7, 11) is 0. The highest BCUT2D eigenvalue weighted by molar-refractivity contribution is 5.93. The average molecular weight is 250 g/mol. The number of carbonyl (C=O) groups excluding carboxylic acids is 1. The molecule has 0 spiro atoms. The molecule has 6 heteroatoms. The normalized spacial score (nSPS) is 19.2. The van der Waals surface area contributed by atoms with Crippen LogP contribution in [0.15, 0.2) is 18.3 Å². The second-order valence-electron chi connectivity index (χ2n) is 4.12. The Balaban J connectivity index is 1.97. The summed E-state index contributed by atoms with van der Waals surface area (Å²) >= 11 is 0. The highest BCUT2D eigenvalue weighted by atomic mass is 16.5. The van der Waals surface area contributed by atoms with Gasteiger partial charge in [-0.15, -0.1) is 0 Å². The van der Waals surface area contributed by atoms with E-state index in [0.717, 1.165) is 19.4 Å². The lowest BCUT2D eigenvalue weighted by Crippen LogP contribution is -2.40. The van der Waals surface area contributed by atoms with Crippen molar-refractivity contribution in [2.75, 3.05) is 13.2 Å². The Labute approximate surface area is 104 Å². The van der Waals surface area contributed by atoms with E-state index < -0.39 is 5.97 Å². The molecule has 0 aliphatic carbocycles. The SMILES string of the molecule is O=C(O)c1ccc(C(=O)NC2CCCOC2)nc1. The molecule has 1 aliphatic heterocycles. The van der Waals surface area contributed by atoms with Gasteiger partial charge >= 0.3 is 5.97 Å². The van der Waals surface area contributed by atoms with Crippen LogP contribution in [0.2, 0.25) is 0 Å². The van der Waals surface area contributed by atoms with Crippen molar-refractivity contribution in [3.8, 4) is 0 Å². The molecule has 2 heterocycles. The topological polar surface area (TPSA) is 88.5 Å². The third-order valence-corrected chi connectivity index (χ3v) is 2.74. The first-order chi connectivity index (χ1) is 8.66. The highest BCUT2D eigenvalue weighted by Gasteiger charge is 2.17. The molecule has 1 atom stereocenters. The van der Waals surface area contributed by atoms with Gasteiger partial charge in [0.25, 0.3) is 5.91 Å². The van der Waals surface area contributed by atoms with Gasteiger partial charge in [-0.25, -0.2) is 4.79 Å². The summed E-state index contributed by atoms with van der Waals surface area (Å²) in [4.78, 5) is 26.3. The predicted octanol–water partition coefficient (Wildman–Crippen LogP) is 0.689. The molecule has 18 heavy (non-hydrogen) atoms. The molecule has 0 aromatic carbocycles. The zero-order valence-corrected chi connectivity index (χ0v) is 9.76. The zero-order chi connectivity index (χ0) is 13.0. The molecule has 0 saturated carbocycles. The van der Waals surface area contributed by atoms with E-state index in [4.69, 9.17) is 9.84 Å². The minimum absolute atomic E-state index is 0.00667. The smallest absolute Gasteiger partial charge is 0.337 e. The number of nitrogens with zero attached hydrogens (tertiary/aromatic N) is 1. The molecule has 1 fully saturated rings. The van der Waals surface area contributed by atoms with Gasteiger partial charge < -0.3 is 15.2 Å². The summed E-state index contributed by atoms with van der Waals surface area (Å²) < 4.78 is 5.26. The first-order valence-corrected chi connectivity index (χ1v) is 5.75. The Hall–Kier alpha value is -1.95. The molecule has 1 aliphatic rings. The van der Waals surface area contributed by atoms with Crippen molar-refractivity contribution in [2.24, 2.45) is 0 Å². The molecular weight excluding hydrogens is 236 g/mol. The summed E-state index contributed by atoms with van der Waals surface area (Å²) in [6.45, 7) is 1.25. The summed E-state index contributed by atoms with van der Waals surface area (Å²) in [6.07, 6.45) is 2.99. The lowest BCUT2D eigenvalue weighted by molar-refractivity contribution is 0.0621. The standard InChI is InChI=1S/C12H14N2O4/c15-11(14-9-2-1-5-18-7-9)10-4-3-8(6-13-10)12(16)17/h3-4,6,9H,1-2,5,7H2,(H,14,15)(H,16,17). The molecule has 1 amide bonds. The molecule has 1 aromatic heterocycles. The average Bonchev–Trinajstić information content (AvgIpc) is 2.40. The van der Waals surface area contributed by atoms with Crippen LogP contribution in [-0.2, 0) is 4.74 Å². The number of aromatic nitrogens is 1. The number of nitrogens with one attached hydrogen (secondary N) is 1. The van der Waals surface area contributed by atoms with Crippen LogP contribution in [0.3, 0.4) is 0 Å². The van der Waals surface area contributed by atoms with Crippen molar-refractivity contribution in [1.29, 1.82) is 0 Å². The number of amides is 1. The second-order valence-corrected chi connectivity index (χ2v) is 4.12. The van der Waals surface area contributed by atoms with E-state index >= 15 is 0 Å². The molecule has 0 radical (unpaired) electrons. The Bertz CT molecular complexity index is 438. The van der Waals surface area contributed by atoms with Gasteiger partial charge in [-0.1, -0.05) is 0 Å². The van der Waals surface area contributed by atoms with Crippen molar-refractivity contribution < 1.29 is 19.4 Å². The third-order valence-electron chi connectivity index (χ3n) is 2.74. The summed E-state index contributed by atoms with van der Waals surface area (Å²) in [5, 5.41) is 11.5. The van der Waals surface area contributed by atoms with Gasteiger partial charge in [0.15, 0.2) is 0 Å². The second kappa shape index (κ2) is 5.59. The molecule has 1 unspecified atom stereocenters. The fourth-order valence-electron chi connectivity index (χ4n) is 1.77. The van der Waals surface area contributed by atoms with E-state index in [2.05, 4.69) is 10.3 Å². The quantitative estimate of drug-likeness (QED) is 0.823. The Morgan fingerprint density at radius 3 is 2.83 bits per heavy atom. The van der Waals surface area contributed by atoms with Crippen molar-refractivity contribution >= 4 is 11.9 Å². The van der Waals surface area contributed by atoms with Gasteiger partial charge in [-0.05, 0) is 25.0 Å². The van der Waals surface area contributed by atoms with Crippen LogP contribution in [0.4, 0.5) is 0 Å². The number of carbonyl (C=O) groups is 2. The first kappa shape index (κ1) is 12.5. The van der Waals surface area contributed by atoms with E-state index in [1.165, 1.54) is 18.3 Å². The van der Waals surface area contributed by atoms with E-state index in [0.29, 0.717) is 6.61 Å². The number of rotatable bonds is 3. The molecule has 2 N–H and O–H groups in total. The Morgan fingerprint density at radius 2 is 2.28 bits per heavy atom. The van der Waals surface area contributed by atoms with Crippen molar-refractivity contribution in [3.05, 3.63) is 29.6 Å². The van der Waals surface area contributed by atoms with E-state index in [1.54, 1.807) is 0 Å². The molecular formula is C12H14N2O4. The summed E-state index contributed by atoms with van der Waals surface area (Å²) in [6, 6.07) is 2.77. The molecule has 1 saturated heterocycles. The zero-order valence-electron chi connectivity index (χ0n) is 9.76. The number of ether oxygens (including phenoxy) is 1. The van der Waals surface area contributed by atoms with Crippen LogP contribution >= 0.6 is 0 Å². The van der Waals surface area contributed by atoms with Crippen LogP contribution in [0.5, 0.6) is 0 Å². The van der Waals surface area contributed by atoms with Crippen molar-refractivity contribution in [3.63, 3.8) is 0 Å². The Kier molecular flexibility index (Phi) is 3.88. The van der Waals surface area contributed by atoms with Crippen LogP contribution in [-0.4, -0.2) is 41.2 Å². The van der Waals surface area contributed by atoms with E-state index in [1.807, 2.05) is 0 Å². The van der Waals surface area contributed by atoms with Gasteiger partial charge in [-0.3, -0.25) is 9.78 Å². The molecule has 2 rings (SSSR count). The lowest BCUT2D eigenvalue weighted by Gasteiger charge is -2.22. The molecule has 0 bridgehead atoms. The number of hydrogen-bond donors (Lipinski definition) is 2. The maximum Gasteiger partial charge on any atom is 0.337 e. The van der Waals surface area contributed by atoms with Gasteiger partial charge in [0, 0.05) is 12.8 Å². The van der Waals surface area contributed by atoms with Crippen LogP contribution in [0.1, 0.15) is 33.7 Å². The van der Waals surface area contributed by atoms with Crippen LogP contribution in [0, 0.1) is 0 Å². The van der Waals surface area contributed by atoms with Crippen LogP contribution < -0.4 is 5.32 Å². The number of aromatic carboxylic acids is 1. The Morgan fingerprint density at radius 1 is 1.44 bits per heavy atom. The highest BCUT2D eigenvalue weighted by Crippen LogP contribution is 2.07. The molecule has 96 valence electrons. The maximum absolute atomic E-state index is 11.8. The van der Waals surface area contributed by atoms with Gasteiger partial charge in [0.2, 0.25) is 0 Å². The number of hydrogen-bond acceptors (Lipinski definition) is 4. The number of carboxylic acids is 1. The summed E-state index contributed by atoms with van der Waals surface area (Å²) in [5.41, 5.74) is 0.276. The van der Waals surface area contributed by atoms with Gasteiger partial charge in [-0.2, -0.15) is 0 Å². The largest absolute Gasteiger partial charge is 0.478 e. The first-order valence-electron chi connectivity index (χ1n) is 5.75. The maximum atomic E-state index is 11.8. The number of carboxylic acid groups (broad SMARTS) is 1. The van der Waals surface area contributed by atoms with Gasteiger partial charge in [0.1, 0.15) is 5.69 Å². The predicted molar refractivity (Wildman–Crippen MR) is 62.5 cm³/mol. The molecule has 1 aromatic rings. The minimum Gasteiger partial charge on any atom is -0.478 e. The lowest BCUT2D eigenvalue weighted by atomic mass is 10.1. The van der Waals surface area contributed by atoms with Gasteiger partial charge in [0.05, 0.1) is 18.2 Å². The monoisotopic (exact) mass is 250 g/mol. The van der Waals surface area contributed by atoms with E-state index in [9.17, 15) is 9.59 Å². The van der Waals surface area contributed by atoms with E-state index in [-0.39, 0.29) is 23.2 Å². The minimum atomic E-state index is -1.06. The van der Waals surface area contributed by atoms with Crippen molar-refractivity contribution in [1.82, 2.24) is 10.3 Å². The third kappa shape index (κ3) is 3.04.